The Morgan fingerprint density at radius 3 is 2.11 bits per heavy atom. The van der Waals surface area contributed by atoms with Gasteiger partial charge in [-0.3, -0.25) is 4.98 Å². The molecule has 0 radical (unpaired) electrons. The SMILES string of the molecule is CC(C)(C)C1CCC(Cc2ccncc2)CC1.Cl. The van der Waals surface area contributed by atoms with E-state index >= 15 is 0 Å². The lowest BCUT2D eigenvalue weighted by molar-refractivity contribution is 0.150. The molecule has 0 unspecified atom stereocenters. The summed E-state index contributed by atoms with van der Waals surface area (Å²) in [6.45, 7) is 7.17. The topological polar surface area (TPSA) is 12.9 Å². The third-order valence-corrected chi connectivity index (χ3v) is 4.35. The molecule has 1 aliphatic rings. The van der Waals surface area contributed by atoms with Gasteiger partial charge in [-0.1, -0.05) is 20.8 Å². The number of aromatic nitrogens is 1. The van der Waals surface area contributed by atoms with Crippen molar-refractivity contribution >= 4 is 12.4 Å². The van der Waals surface area contributed by atoms with E-state index in [2.05, 4.69) is 37.9 Å². The summed E-state index contributed by atoms with van der Waals surface area (Å²) in [7, 11) is 0. The highest BCUT2D eigenvalue weighted by Crippen LogP contribution is 2.40. The van der Waals surface area contributed by atoms with Gasteiger partial charge in [-0.2, -0.15) is 0 Å². The first-order valence-corrected chi connectivity index (χ1v) is 6.94. The van der Waals surface area contributed by atoms with Crippen molar-refractivity contribution in [2.75, 3.05) is 0 Å². The van der Waals surface area contributed by atoms with Crippen LogP contribution in [-0.4, -0.2) is 4.98 Å². The lowest BCUT2D eigenvalue weighted by Crippen LogP contribution is -2.26. The predicted octanol–water partition coefficient (Wildman–Crippen LogP) is 4.90. The van der Waals surface area contributed by atoms with E-state index in [0.717, 1.165) is 11.8 Å². The van der Waals surface area contributed by atoms with Crippen LogP contribution in [0.15, 0.2) is 24.5 Å². The average Bonchev–Trinajstić information content (AvgIpc) is 2.30. The van der Waals surface area contributed by atoms with E-state index < -0.39 is 0 Å². The molecule has 2 rings (SSSR count). The summed E-state index contributed by atoms with van der Waals surface area (Å²) in [5, 5.41) is 0. The van der Waals surface area contributed by atoms with Gasteiger partial charge in [-0.15, -0.1) is 12.4 Å². The predicted molar refractivity (Wildman–Crippen MR) is 80.1 cm³/mol. The fourth-order valence-corrected chi connectivity index (χ4v) is 3.08. The molecule has 1 aliphatic carbocycles. The zero-order valence-corrected chi connectivity index (χ0v) is 12.7. The standard InChI is InChI=1S/C16H25N.ClH/c1-16(2,3)15-6-4-13(5-7-15)12-14-8-10-17-11-9-14;/h8-11,13,15H,4-7,12H2,1-3H3;1H. The number of nitrogens with zero attached hydrogens (tertiary/aromatic N) is 1. The molecule has 18 heavy (non-hydrogen) atoms. The molecular formula is C16H26ClN. The van der Waals surface area contributed by atoms with Crippen LogP contribution in [0.3, 0.4) is 0 Å². The number of halogens is 1. The summed E-state index contributed by atoms with van der Waals surface area (Å²) in [6.07, 6.45) is 10.7. The Kier molecular flexibility index (Phi) is 5.65. The highest BCUT2D eigenvalue weighted by atomic mass is 35.5. The van der Waals surface area contributed by atoms with Gasteiger partial charge < -0.3 is 0 Å². The Labute approximate surface area is 118 Å². The molecule has 0 bridgehead atoms. The number of rotatable bonds is 2. The van der Waals surface area contributed by atoms with Crippen LogP contribution in [0, 0.1) is 17.3 Å². The van der Waals surface area contributed by atoms with Crippen LogP contribution in [0.5, 0.6) is 0 Å². The lowest BCUT2D eigenvalue weighted by Gasteiger charge is -2.37. The second-order valence-electron chi connectivity index (χ2n) is 6.64. The van der Waals surface area contributed by atoms with Crippen LogP contribution < -0.4 is 0 Å². The van der Waals surface area contributed by atoms with Crippen LogP contribution >= 0.6 is 12.4 Å². The molecule has 102 valence electrons. The molecular weight excluding hydrogens is 242 g/mol. The van der Waals surface area contributed by atoms with Crippen LogP contribution in [0.4, 0.5) is 0 Å². The highest BCUT2D eigenvalue weighted by Gasteiger charge is 2.29. The van der Waals surface area contributed by atoms with Gasteiger partial charge in [0.1, 0.15) is 0 Å². The summed E-state index contributed by atoms with van der Waals surface area (Å²) in [5.74, 6) is 1.83. The van der Waals surface area contributed by atoms with Crippen LogP contribution in [0.1, 0.15) is 52.0 Å². The number of hydrogen-bond acceptors (Lipinski definition) is 1. The van der Waals surface area contributed by atoms with Crippen LogP contribution in [0.2, 0.25) is 0 Å². The Hall–Kier alpha value is -0.560. The first kappa shape index (κ1) is 15.5. The van der Waals surface area contributed by atoms with Crippen molar-refractivity contribution in [1.29, 1.82) is 0 Å². The molecule has 1 nitrogen and oxygen atoms in total. The van der Waals surface area contributed by atoms with Crippen molar-refractivity contribution in [3.63, 3.8) is 0 Å². The molecule has 0 aromatic carbocycles. The quantitative estimate of drug-likeness (QED) is 0.743. The van der Waals surface area contributed by atoms with Crippen LogP contribution in [-0.2, 0) is 6.42 Å². The molecule has 1 fully saturated rings. The molecule has 0 N–H and O–H groups in total. The van der Waals surface area contributed by atoms with E-state index in [1.165, 1.54) is 37.7 Å². The van der Waals surface area contributed by atoms with E-state index in [1.54, 1.807) is 0 Å². The number of hydrogen-bond donors (Lipinski definition) is 0. The summed E-state index contributed by atoms with van der Waals surface area (Å²) in [6, 6.07) is 4.33. The van der Waals surface area contributed by atoms with E-state index in [1.807, 2.05) is 12.4 Å². The molecule has 0 saturated heterocycles. The minimum Gasteiger partial charge on any atom is -0.265 e. The van der Waals surface area contributed by atoms with E-state index in [-0.39, 0.29) is 12.4 Å². The van der Waals surface area contributed by atoms with E-state index in [9.17, 15) is 0 Å². The van der Waals surface area contributed by atoms with Crippen molar-refractivity contribution in [2.45, 2.75) is 52.9 Å². The van der Waals surface area contributed by atoms with Gasteiger partial charge in [0.25, 0.3) is 0 Å². The van der Waals surface area contributed by atoms with Gasteiger partial charge in [0.15, 0.2) is 0 Å². The zero-order chi connectivity index (χ0) is 12.3. The Bertz CT molecular complexity index is 334. The maximum Gasteiger partial charge on any atom is 0.0270 e. The second kappa shape index (κ2) is 6.56. The van der Waals surface area contributed by atoms with Crippen molar-refractivity contribution in [1.82, 2.24) is 4.98 Å². The largest absolute Gasteiger partial charge is 0.265 e. The van der Waals surface area contributed by atoms with E-state index in [4.69, 9.17) is 0 Å². The molecule has 1 aromatic heterocycles. The first-order chi connectivity index (χ1) is 8.05. The third-order valence-electron chi connectivity index (χ3n) is 4.35. The Morgan fingerprint density at radius 1 is 1.06 bits per heavy atom. The van der Waals surface area contributed by atoms with Crippen molar-refractivity contribution in [3.05, 3.63) is 30.1 Å². The van der Waals surface area contributed by atoms with Crippen molar-refractivity contribution in [3.8, 4) is 0 Å². The molecule has 2 heteroatoms. The van der Waals surface area contributed by atoms with Gasteiger partial charge in [0.2, 0.25) is 0 Å². The van der Waals surface area contributed by atoms with Gasteiger partial charge in [0.05, 0.1) is 0 Å². The minimum absolute atomic E-state index is 0. The molecule has 0 spiro atoms. The number of pyridine rings is 1. The maximum absolute atomic E-state index is 4.08. The Morgan fingerprint density at radius 2 is 1.61 bits per heavy atom. The Balaban J connectivity index is 0.00000162. The second-order valence-corrected chi connectivity index (χ2v) is 6.64. The van der Waals surface area contributed by atoms with Gasteiger partial charge in [-0.05, 0) is 67.1 Å². The third kappa shape index (κ3) is 4.28. The normalized spacial score (nSPS) is 24.4. The summed E-state index contributed by atoms with van der Waals surface area (Å²) >= 11 is 0. The molecule has 1 heterocycles. The van der Waals surface area contributed by atoms with E-state index in [0.29, 0.717) is 5.41 Å². The summed E-state index contributed by atoms with van der Waals surface area (Å²) < 4.78 is 0. The monoisotopic (exact) mass is 267 g/mol. The molecule has 0 amide bonds. The fourth-order valence-electron chi connectivity index (χ4n) is 3.08. The summed E-state index contributed by atoms with van der Waals surface area (Å²) in [4.78, 5) is 4.08. The molecule has 0 atom stereocenters. The first-order valence-electron chi connectivity index (χ1n) is 6.94. The fraction of sp³-hybridized carbons (Fsp3) is 0.688. The molecule has 1 aromatic rings. The summed E-state index contributed by atoms with van der Waals surface area (Å²) in [5.41, 5.74) is 1.96. The van der Waals surface area contributed by atoms with Gasteiger partial charge in [-0.25, -0.2) is 0 Å². The van der Waals surface area contributed by atoms with Gasteiger partial charge in [0, 0.05) is 12.4 Å². The average molecular weight is 268 g/mol. The van der Waals surface area contributed by atoms with Gasteiger partial charge >= 0.3 is 0 Å². The lowest BCUT2D eigenvalue weighted by atomic mass is 9.69. The zero-order valence-electron chi connectivity index (χ0n) is 11.9. The molecule has 0 aliphatic heterocycles. The van der Waals surface area contributed by atoms with Crippen LogP contribution in [0.25, 0.3) is 0 Å². The van der Waals surface area contributed by atoms with Crippen molar-refractivity contribution < 1.29 is 0 Å². The molecule has 1 saturated carbocycles. The minimum atomic E-state index is 0. The highest BCUT2D eigenvalue weighted by molar-refractivity contribution is 5.85. The maximum atomic E-state index is 4.08. The van der Waals surface area contributed by atoms with Crippen molar-refractivity contribution in [2.24, 2.45) is 17.3 Å². The smallest absolute Gasteiger partial charge is 0.0270 e.